The third kappa shape index (κ3) is 4.05. The number of hydrogen-bond acceptors (Lipinski definition) is 2. The molecule has 0 saturated carbocycles. The van der Waals surface area contributed by atoms with Crippen molar-refractivity contribution >= 4 is 17.5 Å². The van der Waals surface area contributed by atoms with Crippen molar-refractivity contribution in [3.8, 4) is 5.75 Å². The van der Waals surface area contributed by atoms with Crippen molar-refractivity contribution in [2.75, 3.05) is 13.1 Å². The molecule has 0 aromatic heterocycles. The Morgan fingerprint density at radius 1 is 1.04 bits per heavy atom. The van der Waals surface area contributed by atoms with E-state index >= 15 is 0 Å². The highest BCUT2D eigenvalue weighted by atomic mass is 35.5. The molecule has 1 heterocycles. The number of phenolic OH excluding ortho intramolecular Hbond substituents is 1. The normalized spacial score (nSPS) is 15.6. The van der Waals surface area contributed by atoms with Crippen molar-refractivity contribution in [2.24, 2.45) is 0 Å². The van der Waals surface area contributed by atoms with Gasteiger partial charge in [0.1, 0.15) is 5.75 Å². The third-order valence-corrected chi connectivity index (χ3v) is 4.73. The van der Waals surface area contributed by atoms with Crippen LogP contribution in [0.3, 0.4) is 0 Å². The number of halogens is 1. The van der Waals surface area contributed by atoms with Gasteiger partial charge in [-0.1, -0.05) is 35.9 Å². The number of carbonyl (C=O) groups is 1. The molecule has 2 aromatic rings. The smallest absolute Gasteiger partial charge is 0.226 e. The molecule has 120 valence electrons. The minimum atomic E-state index is 0.177. The van der Waals surface area contributed by atoms with E-state index in [4.69, 9.17) is 11.6 Å². The number of likely N-dealkylation sites (tertiary alicyclic amines) is 1. The van der Waals surface area contributed by atoms with Gasteiger partial charge in [-0.15, -0.1) is 0 Å². The maximum Gasteiger partial charge on any atom is 0.226 e. The highest BCUT2D eigenvalue weighted by Gasteiger charge is 2.23. The highest BCUT2D eigenvalue weighted by molar-refractivity contribution is 6.30. The zero-order chi connectivity index (χ0) is 16.2. The van der Waals surface area contributed by atoms with E-state index in [0.29, 0.717) is 23.1 Å². The predicted molar refractivity (Wildman–Crippen MR) is 91.8 cm³/mol. The van der Waals surface area contributed by atoms with Gasteiger partial charge >= 0.3 is 0 Å². The second-order valence-corrected chi connectivity index (χ2v) is 6.49. The largest absolute Gasteiger partial charge is 0.508 e. The van der Waals surface area contributed by atoms with Gasteiger partial charge in [0, 0.05) is 18.1 Å². The Balaban J connectivity index is 1.54. The van der Waals surface area contributed by atoms with Crippen LogP contribution in [0.2, 0.25) is 5.02 Å². The summed E-state index contributed by atoms with van der Waals surface area (Å²) in [4.78, 5) is 14.4. The summed E-state index contributed by atoms with van der Waals surface area (Å²) in [6.07, 6.45) is 2.37. The number of piperidine rings is 1. The average Bonchev–Trinajstić information content (AvgIpc) is 2.58. The summed E-state index contributed by atoms with van der Waals surface area (Å²) in [5.74, 6) is 0.941. The van der Waals surface area contributed by atoms with E-state index in [1.807, 2.05) is 41.3 Å². The summed E-state index contributed by atoms with van der Waals surface area (Å²) in [6, 6.07) is 14.9. The molecule has 0 aliphatic carbocycles. The van der Waals surface area contributed by atoms with Crippen molar-refractivity contribution in [1.29, 1.82) is 0 Å². The third-order valence-electron chi connectivity index (χ3n) is 4.48. The van der Waals surface area contributed by atoms with E-state index in [1.165, 1.54) is 5.56 Å². The number of aromatic hydroxyl groups is 1. The van der Waals surface area contributed by atoms with E-state index in [2.05, 4.69) is 0 Å². The molecule has 0 unspecified atom stereocenters. The Morgan fingerprint density at radius 2 is 1.65 bits per heavy atom. The Morgan fingerprint density at radius 3 is 2.26 bits per heavy atom. The van der Waals surface area contributed by atoms with Gasteiger partial charge < -0.3 is 10.0 Å². The van der Waals surface area contributed by atoms with Crippen LogP contribution in [0.4, 0.5) is 0 Å². The van der Waals surface area contributed by atoms with Crippen molar-refractivity contribution in [2.45, 2.75) is 25.2 Å². The minimum absolute atomic E-state index is 0.177. The van der Waals surface area contributed by atoms with Gasteiger partial charge in [-0.05, 0) is 54.2 Å². The van der Waals surface area contributed by atoms with Gasteiger partial charge in [-0.2, -0.15) is 0 Å². The Kier molecular flexibility index (Phi) is 4.87. The zero-order valence-corrected chi connectivity index (χ0v) is 13.7. The topological polar surface area (TPSA) is 40.5 Å². The summed E-state index contributed by atoms with van der Waals surface area (Å²) in [6.45, 7) is 1.58. The van der Waals surface area contributed by atoms with Gasteiger partial charge in [0.15, 0.2) is 0 Å². The Labute approximate surface area is 141 Å². The maximum absolute atomic E-state index is 12.4. The molecule has 1 saturated heterocycles. The molecule has 1 amide bonds. The fraction of sp³-hybridized carbons (Fsp3) is 0.316. The first-order valence-electron chi connectivity index (χ1n) is 7.93. The van der Waals surface area contributed by atoms with Crippen molar-refractivity contribution in [3.05, 3.63) is 64.7 Å². The molecule has 4 heteroatoms. The van der Waals surface area contributed by atoms with Crippen molar-refractivity contribution < 1.29 is 9.90 Å². The minimum Gasteiger partial charge on any atom is -0.508 e. The summed E-state index contributed by atoms with van der Waals surface area (Å²) >= 11 is 5.87. The Bertz CT molecular complexity index is 659. The van der Waals surface area contributed by atoms with E-state index in [1.54, 1.807) is 12.1 Å². The fourth-order valence-corrected chi connectivity index (χ4v) is 3.22. The van der Waals surface area contributed by atoms with Gasteiger partial charge in [0.2, 0.25) is 5.91 Å². The number of hydrogen-bond donors (Lipinski definition) is 1. The standard InChI is InChI=1S/C19H20ClNO2/c20-17-5-1-14(2-6-17)13-19(23)21-11-9-16(10-12-21)15-3-7-18(22)8-4-15/h1-8,16,22H,9-13H2. The second-order valence-electron chi connectivity index (χ2n) is 6.05. The molecule has 1 N–H and O–H groups in total. The molecule has 0 atom stereocenters. The molecule has 1 fully saturated rings. The van der Waals surface area contributed by atoms with Gasteiger partial charge in [0.05, 0.1) is 6.42 Å². The fourth-order valence-electron chi connectivity index (χ4n) is 3.10. The number of phenols is 1. The van der Waals surface area contributed by atoms with Gasteiger partial charge in [-0.3, -0.25) is 4.79 Å². The lowest BCUT2D eigenvalue weighted by molar-refractivity contribution is -0.131. The van der Waals surface area contributed by atoms with Crippen LogP contribution in [0.1, 0.15) is 29.9 Å². The second kappa shape index (κ2) is 7.05. The quantitative estimate of drug-likeness (QED) is 0.924. The lowest BCUT2D eigenvalue weighted by Crippen LogP contribution is -2.38. The first-order valence-corrected chi connectivity index (χ1v) is 8.31. The number of carbonyl (C=O) groups excluding carboxylic acids is 1. The first kappa shape index (κ1) is 15.9. The number of rotatable bonds is 3. The van der Waals surface area contributed by atoms with Crippen LogP contribution in [0.25, 0.3) is 0 Å². The molecule has 1 aliphatic rings. The molecule has 0 bridgehead atoms. The Hall–Kier alpha value is -2.00. The number of amides is 1. The molecule has 0 radical (unpaired) electrons. The molecule has 3 rings (SSSR count). The molecular formula is C19H20ClNO2. The molecule has 0 spiro atoms. The lowest BCUT2D eigenvalue weighted by Gasteiger charge is -2.32. The average molecular weight is 330 g/mol. The molecule has 3 nitrogen and oxygen atoms in total. The summed E-state index contributed by atoms with van der Waals surface area (Å²) in [5, 5.41) is 10.1. The van der Waals surface area contributed by atoms with Crippen LogP contribution >= 0.6 is 11.6 Å². The first-order chi connectivity index (χ1) is 11.1. The van der Waals surface area contributed by atoms with Crippen LogP contribution < -0.4 is 0 Å². The van der Waals surface area contributed by atoms with E-state index in [9.17, 15) is 9.90 Å². The summed E-state index contributed by atoms with van der Waals surface area (Å²) in [5.41, 5.74) is 2.24. The van der Waals surface area contributed by atoms with Gasteiger partial charge in [0.25, 0.3) is 0 Å². The van der Waals surface area contributed by atoms with Gasteiger partial charge in [-0.25, -0.2) is 0 Å². The summed E-state index contributed by atoms with van der Waals surface area (Å²) < 4.78 is 0. The van der Waals surface area contributed by atoms with E-state index in [0.717, 1.165) is 31.5 Å². The summed E-state index contributed by atoms with van der Waals surface area (Å²) in [7, 11) is 0. The van der Waals surface area contributed by atoms with Crippen LogP contribution in [-0.4, -0.2) is 29.0 Å². The molecule has 1 aliphatic heterocycles. The molecule has 2 aromatic carbocycles. The van der Waals surface area contributed by atoms with E-state index < -0.39 is 0 Å². The van der Waals surface area contributed by atoms with E-state index in [-0.39, 0.29) is 5.91 Å². The van der Waals surface area contributed by atoms with Crippen LogP contribution in [-0.2, 0) is 11.2 Å². The SMILES string of the molecule is O=C(Cc1ccc(Cl)cc1)N1CCC(c2ccc(O)cc2)CC1. The highest BCUT2D eigenvalue weighted by Crippen LogP contribution is 2.29. The van der Waals surface area contributed by atoms with Crippen molar-refractivity contribution in [1.82, 2.24) is 4.90 Å². The van der Waals surface area contributed by atoms with Crippen LogP contribution in [0.15, 0.2) is 48.5 Å². The molecule has 23 heavy (non-hydrogen) atoms. The zero-order valence-electron chi connectivity index (χ0n) is 12.9. The predicted octanol–water partition coefficient (Wildman–Crippen LogP) is 3.99. The lowest BCUT2D eigenvalue weighted by atomic mass is 9.89. The van der Waals surface area contributed by atoms with Crippen LogP contribution in [0.5, 0.6) is 5.75 Å². The number of nitrogens with zero attached hydrogens (tertiary/aromatic N) is 1. The van der Waals surface area contributed by atoms with Crippen molar-refractivity contribution in [3.63, 3.8) is 0 Å². The monoisotopic (exact) mass is 329 g/mol. The molecular weight excluding hydrogens is 310 g/mol. The van der Waals surface area contributed by atoms with Crippen LogP contribution in [0, 0.1) is 0 Å². The maximum atomic E-state index is 12.4. The number of benzene rings is 2.